The first-order valence-electron chi connectivity index (χ1n) is 6.75. The lowest BCUT2D eigenvalue weighted by molar-refractivity contribution is -0.142. The van der Waals surface area contributed by atoms with Crippen LogP contribution in [0.2, 0.25) is 0 Å². The van der Waals surface area contributed by atoms with E-state index in [1.807, 2.05) is 23.1 Å². The predicted octanol–water partition coefficient (Wildman–Crippen LogP) is 3.01. The number of carbonyl (C=O) groups is 2. The summed E-state index contributed by atoms with van der Waals surface area (Å²) < 4.78 is 5.60. The van der Waals surface area contributed by atoms with E-state index in [9.17, 15) is 9.59 Å². The average molecular weight is 340 g/mol. The number of nitrogens with zero attached hydrogens (tertiary/aromatic N) is 1. The lowest BCUT2D eigenvalue weighted by Gasteiger charge is -2.35. The Morgan fingerprint density at radius 2 is 2.20 bits per heavy atom. The zero-order chi connectivity index (χ0) is 14.5. The molecule has 1 heterocycles. The maximum absolute atomic E-state index is 12.6. The van der Waals surface area contributed by atoms with Gasteiger partial charge in [0.05, 0.1) is 13.5 Å². The van der Waals surface area contributed by atoms with Gasteiger partial charge in [0.2, 0.25) is 0 Å². The Labute approximate surface area is 127 Å². The quantitative estimate of drug-likeness (QED) is 0.795. The Balaban J connectivity index is 2.15. The molecule has 1 aromatic rings. The SMILES string of the molecule is COC(=O)CC1CCCCN1C(=O)c1cccc(Br)c1. The second-order valence-electron chi connectivity index (χ2n) is 4.94. The third-order valence-corrected chi connectivity index (χ3v) is 4.08. The molecule has 4 nitrogen and oxygen atoms in total. The minimum atomic E-state index is -0.260. The van der Waals surface area contributed by atoms with Gasteiger partial charge in [0.25, 0.3) is 5.91 Å². The van der Waals surface area contributed by atoms with E-state index in [-0.39, 0.29) is 24.3 Å². The Kier molecular flexibility index (Phi) is 5.17. The van der Waals surface area contributed by atoms with Gasteiger partial charge < -0.3 is 9.64 Å². The van der Waals surface area contributed by atoms with Crippen LogP contribution < -0.4 is 0 Å². The monoisotopic (exact) mass is 339 g/mol. The number of carbonyl (C=O) groups excluding carboxylic acids is 2. The number of rotatable bonds is 3. The molecule has 1 aliphatic heterocycles. The van der Waals surface area contributed by atoms with Crippen LogP contribution in [0.4, 0.5) is 0 Å². The number of ether oxygens (including phenoxy) is 1. The van der Waals surface area contributed by atoms with Crippen molar-refractivity contribution >= 4 is 27.8 Å². The van der Waals surface area contributed by atoms with Crippen molar-refractivity contribution in [3.05, 3.63) is 34.3 Å². The Morgan fingerprint density at radius 3 is 2.90 bits per heavy atom. The molecule has 108 valence electrons. The molecule has 0 saturated carbocycles. The van der Waals surface area contributed by atoms with Crippen molar-refractivity contribution in [1.82, 2.24) is 4.90 Å². The fourth-order valence-electron chi connectivity index (χ4n) is 2.54. The van der Waals surface area contributed by atoms with E-state index in [1.54, 1.807) is 6.07 Å². The normalized spacial score (nSPS) is 18.7. The summed E-state index contributed by atoms with van der Waals surface area (Å²) in [7, 11) is 1.38. The Bertz CT molecular complexity index is 504. The Hall–Kier alpha value is -1.36. The minimum Gasteiger partial charge on any atom is -0.469 e. The fraction of sp³-hybridized carbons (Fsp3) is 0.467. The van der Waals surface area contributed by atoms with Crippen molar-refractivity contribution in [2.45, 2.75) is 31.7 Å². The fourth-order valence-corrected chi connectivity index (χ4v) is 2.94. The maximum atomic E-state index is 12.6. The average Bonchev–Trinajstić information content (AvgIpc) is 2.47. The molecule has 0 bridgehead atoms. The van der Waals surface area contributed by atoms with Gasteiger partial charge in [-0.3, -0.25) is 9.59 Å². The van der Waals surface area contributed by atoms with Gasteiger partial charge in [-0.1, -0.05) is 22.0 Å². The molecule has 1 amide bonds. The minimum absolute atomic E-state index is 0.0140. The number of amides is 1. The summed E-state index contributed by atoms with van der Waals surface area (Å²) in [6, 6.07) is 7.29. The van der Waals surface area contributed by atoms with Crippen molar-refractivity contribution in [2.24, 2.45) is 0 Å². The van der Waals surface area contributed by atoms with Gasteiger partial charge in [0.1, 0.15) is 0 Å². The summed E-state index contributed by atoms with van der Waals surface area (Å²) in [5.74, 6) is -0.274. The second-order valence-corrected chi connectivity index (χ2v) is 5.85. The molecule has 1 aromatic carbocycles. The maximum Gasteiger partial charge on any atom is 0.307 e. The van der Waals surface area contributed by atoms with Gasteiger partial charge in [0, 0.05) is 22.6 Å². The van der Waals surface area contributed by atoms with E-state index >= 15 is 0 Å². The number of hydrogen-bond donors (Lipinski definition) is 0. The Morgan fingerprint density at radius 1 is 1.40 bits per heavy atom. The highest BCUT2D eigenvalue weighted by Crippen LogP contribution is 2.23. The smallest absolute Gasteiger partial charge is 0.307 e. The summed E-state index contributed by atoms with van der Waals surface area (Å²) in [4.78, 5) is 25.9. The largest absolute Gasteiger partial charge is 0.469 e. The molecule has 1 saturated heterocycles. The van der Waals surface area contributed by atoms with Gasteiger partial charge in [-0.2, -0.15) is 0 Å². The zero-order valence-corrected chi connectivity index (χ0v) is 13.1. The lowest BCUT2D eigenvalue weighted by Crippen LogP contribution is -2.44. The summed E-state index contributed by atoms with van der Waals surface area (Å²) in [6.07, 6.45) is 3.16. The van der Waals surface area contributed by atoms with Gasteiger partial charge in [-0.15, -0.1) is 0 Å². The van der Waals surface area contributed by atoms with E-state index in [2.05, 4.69) is 15.9 Å². The number of halogens is 1. The topological polar surface area (TPSA) is 46.6 Å². The van der Waals surface area contributed by atoms with Crippen molar-refractivity contribution < 1.29 is 14.3 Å². The number of hydrogen-bond acceptors (Lipinski definition) is 3. The summed E-state index contributed by atoms with van der Waals surface area (Å²) in [5, 5.41) is 0. The molecule has 0 radical (unpaired) electrons. The number of methoxy groups -OCH3 is 1. The standard InChI is InChI=1S/C15H18BrNO3/c1-20-14(18)10-13-7-2-3-8-17(13)15(19)11-5-4-6-12(16)9-11/h4-6,9,13H,2-3,7-8,10H2,1H3. The first-order chi connectivity index (χ1) is 9.61. The van der Waals surface area contributed by atoms with Crippen LogP contribution in [0.3, 0.4) is 0 Å². The van der Waals surface area contributed by atoms with Crippen LogP contribution in [-0.2, 0) is 9.53 Å². The molecule has 0 aliphatic carbocycles. The lowest BCUT2D eigenvalue weighted by atomic mass is 9.98. The van der Waals surface area contributed by atoms with Crippen molar-refractivity contribution in [3.8, 4) is 0 Å². The zero-order valence-electron chi connectivity index (χ0n) is 11.5. The van der Waals surface area contributed by atoms with E-state index in [0.29, 0.717) is 12.1 Å². The molecule has 20 heavy (non-hydrogen) atoms. The third-order valence-electron chi connectivity index (χ3n) is 3.59. The van der Waals surface area contributed by atoms with Crippen molar-refractivity contribution in [3.63, 3.8) is 0 Å². The van der Waals surface area contributed by atoms with Crippen LogP contribution in [0, 0.1) is 0 Å². The molecule has 1 aliphatic rings. The number of piperidine rings is 1. The van der Waals surface area contributed by atoms with Crippen molar-refractivity contribution in [1.29, 1.82) is 0 Å². The highest BCUT2D eigenvalue weighted by Gasteiger charge is 2.29. The molecule has 2 rings (SSSR count). The number of benzene rings is 1. The van der Waals surface area contributed by atoms with E-state index in [1.165, 1.54) is 7.11 Å². The molecule has 1 unspecified atom stereocenters. The van der Waals surface area contributed by atoms with E-state index < -0.39 is 0 Å². The highest BCUT2D eigenvalue weighted by molar-refractivity contribution is 9.10. The number of esters is 1. The van der Waals surface area contributed by atoms with Crippen molar-refractivity contribution in [2.75, 3.05) is 13.7 Å². The molecule has 5 heteroatoms. The molecular weight excluding hydrogens is 322 g/mol. The highest BCUT2D eigenvalue weighted by atomic mass is 79.9. The number of likely N-dealkylation sites (tertiary alicyclic amines) is 1. The predicted molar refractivity (Wildman–Crippen MR) is 79.5 cm³/mol. The van der Waals surface area contributed by atoms with E-state index in [0.717, 1.165) is 23.7 Å². The van der Waals surface area contributed by atoms with Crippen LogP contribution in [0.5, 0.6) is 0 Å². The third kappa shape index (κ3) is 3.60. The van der Waals surface area contributed by atoms with Crippen LogP contribution in [0.1, 0.15) is 36.0 Å². The second kappa shape index (κ2) is 6.88. The van der Waals surface area contributed by atoms with Gasteiger partial charge in [0.15, 0.2) is 0 Å². The van der Waals surface area contributed by atoms with Gasteiger partial charge in [-0.05, 0) is 37.5 Å². The molecule has 1 fully saturated rings. The molecule has 0 spiro atoms. The molecular formula is C15H18BrNO3. The summed E-state index contributed by atoms with van der Waals surface area (Å²) in [6.45, 7) is 0.701. The van der Waals surface area contributed by atoms with Crippen LogP contribution >= 0.6 is 15.9 Å². The molecule has 0 N–H and O–H groups in total. The van der Waals surface area contributed by atoms with E-state index in [4.69, 9.17) is 4.74 Å². The van der Waals surface area contributed by atoms with Crippen LogP contribution in [-0.4, -0.2) is 36.5 Å². The molecule has 1 atom stereocenters. The first kappa shape index (κ1) is 15.0. The van der Waals surface area contributed by atoms with Gasteiger partial charge >= 0.3 is 5.97 Å². The summed E-state index contributed by atoms with van der Waals surface area (Å²) >= 11 is 3.38. The molecule has 0 aromatic heterocycles. The summed E-state index contributed by atoms with van der Waals surface area (Å²) in [5.41, 5.74) is 0.649. The van der Waals surface area contributed by atoms with Gasteiger partial charge in [-0.25, -0.2) is 0 Å². The van der Waals surface area contributed by atoms with Crippen LogP contribution in [0.15, 0.2) is 28.7 Å². The first-order valence-corrected chi connectivity index (χ1v) is 7.54. The van der Waals surface area contributed by atoms with Crippen LogP contribution in [0.25, 0.3) is 0 Å².